The number of aliphatic hydroxyl groups is 1. The van der Waals surface area contributed by atoms with E-state index < -0.39 is 6.10 Å². The SMILES string of the molecule is CCOCC(O)COc1cccc([C@H](C)N)c1. The Labute approximate surface area is 102 Å². The highest BCUT2D eigenvalue weighted by Gasteiger charge is 2.06. The topological polar surface area (TPSA) is 64.7 Å². The first-order valence-electron chi connectivity index (χ1n) is 5.87. The minimum absolute atomic E-state index is 0.0214. The minimum atomic E-state index is -0.603. The van der Waals surface area contributed by atoms with Gasteiger partial charge in [-0.2, -0.15) is 0 Å². The van der Waals surface area contributed by atoms with Crippen LogP contribution in [0.15, 0.2) is 24.3 Å². The number of benzene rings is 1. The Morgan fingerprint density at radius 3 is 2.76 bits per heavy atom. The highest BCUT2D eigenvalue weighted by Crippen LogP contribution is 2.17. The van der Waals surface area contributed by atoms with Crippen molar-refractivity contribution < 1.29 is 14.6 Å². The maximum absolute atomic E-state index is 9.55. The molecule has 0 aliphatic rings. The second-order valence-electron chi connectivity index (χ2n) is 3.99. The second-order valence-corrected chi connectivity index (χ2v) is 3.99. The summed E-state index contributed by atoms with van der Waals surface area (Å²) in [7, 11) is 0. The van der Waals surface area contributed by atoms with E-state index in [4.69, 9.17) is 15.2 Å². The standard InChI is InChI=1S/C13H21NO3/c1-3-16-8-12(15)9-17-13-6-4-5-11(7-13)10(2)14/h4-7,10,12,15H,3,8-9,14H2,1-2H3/t10-,12?/m0/s1. The van der Waals surface area contributed by atoms with Crippen LogP contribution in [0.3, 0.4) is 0 Å². The van der Waals surface area contributed by atoms with Crippen LogP contribution < -0.4 is 10.5 Å². The molecule has 4 heteroatoms. The molecule has 1 rings (SSSR count). The predicted molar refractivity (Wildman–Crippen MR) is 67.0 cm³/mol. The second kappa shape index (κ2) is 7.27. The Kier molecular flexibility index (Phi) is 5.97. The number of ether oxygens (including phenoxy) is 2. The highest BCUT2D eigenvalue weighted by atomic mass is 16.5. The lowest BCUT2D eigenvalue weighted by Gasteiger charge is -2.13. The quantitative estimate of drug-likeness (QED) is 0.756. The summed E-state index contributed by atoms with van der Waals surface area (Å²) in [5.41, 5.74) is 6.79. The van der Waals surface area contributed by atoms with Crippen LogP contribution in [0.4, 0.5) is 0 Å². The fourth-order valence-corrected chi connectivity index (χ4v) is 1.38. The number of hydrogen-bond acceptors (Lipinski definition) is 4. The van der Waals surface area contributed by atoms with Gasteiger partial charge in [-0.15, -0.1) is 0 Å². The average molecular weight is 239 g/mol. The van der Waals surface area contributed by atoms with Gasteiger partial charge in [0.2, 0.25) is 0 Å². The molecule has 2 atom stereocenters. The summed E-state index contributed by atoms with van der Waals surface area (Å²) in [4.78, 5) is 0. The number of rotatable bonds is 7. The van der Waals surface area contributed by atoms with Gasteiger partial charge in [-0.1, -0.05) is 12.1 Å². The zero-order valence-electron chi connectivity index (χ0n) is 10.4. The third-order valence-electron chi connectivity index (χ3n) is 2.34. The van der Waals surface area contributed by atoms with Crippen LogP contribution in [0, 0.1) is 0 Å². The number of nitrogens with two attached hydrogens (primary N) is 1. The van der Waals surface area contributed by atoms with E-state index in [-0.39, 0.29) is 12.6 Å². The van der Waals surface area contributed by atoms with E-state index in [1.54, 1.807) is 0 Å². The first kappa shape index (κ1) is 14.0. The van der Waals surface area contributed by atoms with Gasteiger partial charge in [0.05, 0.1) is 6.61 Å². The van der Waals surface area contributed by atoms with Gasteiger partial charge in [0.1, 0.15) is 18.5 Å². The number of hydrogen-bond donors (Lipinski definition) is 2. The van der Waals surface area contributed by atoms with Crippen molar-refractivity contribution >= 4 is 0 Å². The van der Waals surface area contributed by atoms with Crippen LogP contribution in [0.5, 0.6) is 5.75 Å². The third kappa shape index (κ3) is 5.17. The summed E-state index contributed by atoms with van der Waals surface area (Å²) in [6.07, 6.45) is -0.603. The van der Waals surface area contributed by atoms with E-state index in [0.717, 1.165) is 11.3 Å². The lowest BCUT2D eigenvalue weighted by molar-refractivity contribution is 0.0164. The Morgan fingerprint density at radius 1 is 1.35 bits per heavy atom. The molecule has 1 aromatic rings. The van der Waals surface area contributed by atoms with E-state index >= 15 is 0 Å². The van der Waals surface area contributed by atoms with Crippen molar-refractivity contribution in [3.8, 4) is 5.75 Å². The third-order valence-corrected chi connectivity index (χ3v) is 2.34. The zero-order chi connectivity index (χ0) is 12.7. The molecule has 0 radical (unpaired) electrons. The van der Waals surface area contributed by atoms with Crippen molar-refractivity contribution in [3.63, 3.8) is 0 Å². The number of aliphatic hydroxyl groups excluding tert-OH is 1. The van der Waals surface area contributed by atoms with Crippen LogP contribution in [0.2, 0.25) is 0 Å². The Bertz CT molecular complexity index is 328. The molecule has 0 saturated heterocycles. The van der Waals surface area contributed by atoms with Crippen molar-refractivity contribution in [2.75, 3.05) is 19.8 Å². The molecular formula is C13H21NO3. The fraction of sp³-hybridized carbons (Fsp3) is 0.538. The average Bonchev–Trinajstić information content (AvgIpc) is 2.34. The molecule has 0 heterocycles. The molecule has 0 aliphatic heterocycles. The van der Waals surface area contributed by atoms with E-state index in [2.05, 4.69) is 0 Å². The first-order valence-corrected chi connectivity index (χ1v) is 5.87. The summed E-state index contributed by atoms with van der Waals surface area (Å²) >= 11 is 0. The Balaban J connectivity index is 2.43. The van der Waals surface area contributed by atoms with Crippen molar-refractivity contribution in [3.05, 3.63) is 29.8 Å². The Hall–Kier alpha value is -1.10. The first-order chi connectivity index (χ1) is 8.13. The van der Waals surface area contributed by atoms with E-state index in [1.807, 2.05) is 38.1 Å². The molecule has 0 aromatic heterocycles. The summed E-state index contributed by atoms with van der Waals surface area (Å²) in [6, 6.07) is 7.56. The molecule has 1 unspecified atom stereocenters. The molecule has 4 nitrogen and oxygen atoms in total. The van der Waals surface area contributed by atoms with E-state index in [0.29, 0.717) is 13.2 Å². The Morgan fingerprint density at radius 2 is 2.12 bits per heavy atom. The lowest BCUT2D eigenvalue weighted by atomic mass is 10.1. The van der Waals surface area contributed by atoms with Crippen LogP contribution in [-0.4, -0.2) is 31.0 Å². The monoisotopic (exact) mass is 239 g/mol. The molecule has 0 aliphatic carbocycles. The van der Waals surface area contributed by atoms with Crippen LogP contribution in [-0.2, 0) is 4.74 Å². The van der Waals surface area contributed by atoms with Gasteiger partial charge >= 0.3 is 0 Å². The van der Waals surface area contributed by atoms with Crippen molar-refractivity contribution in [1.29, 1.82) is 0 Å². The largest absolute Gasteiger partial charge is 0.491 e. The highest BCUT2D eigenvalue weighted by molar-refractivity contribution is 5.30. The van der Waals surface area contributed by atoms with E-state index in [1.165, 1.54) is 0 Å². The van der Waals surface area contributed by atoms with Crippen molar-refractivity contribution in [2.24, 2.45) is 5.73 Å². The molecule has 0 saturated carbocycles. The maximum atomic E-state index is 9.55. The summed E-state index contributed by atoms with van der Waals surface area (Å²) in [6.45, 7) is 4.92. The summed E-state index contributed by atoms with van der Waals surface area (Å²) < 4.78 is 10.6. The van der Waals surface area contributed by atoms with Crippen LogP contribution >= 0.6 is 0 Å². The van der Waals surface area contributed by atoms with Gasteiger partial charge in [-0.3, -0.25) is 0 Å². The van der Waals surface area contributed by atoms with Crippen molar-refractivity contribution in [2.45, 2.75) is 26.0 Å². The maximum Gasteiger partial charge on any atom is 0.119 e. The van der Waals surface area contributed by atoms with Gasteiger partial charge in [0.15, 0.2) is 0 Å². The molecule has 17 heavy (non-hydrogen) atoms. The van der Waals surface area contributed by atoms with E-state index in [9.17, 15) is 5.11 Å². The molecular weight excluding hydrogens is 218 g/mol. The van der Waals surface area contributed by atoms with Gasteiger partial charge in [0, 0.05) is 12.6 Å². The fourth-order valence-electron chi connectivity index (χ4n) is 1.38. The van der Waals surface area contributed by atoms with Gasteiger partial charge in [-0.25, -0.2) is 0 Å². The van der Waals surface area contributed by atoms with Gasteiger partial charge < -0.3 is 20.3 Å². The molecule has 0 bridgehead atoms. The molecule has 0 spiro atoms. The molecule has 1 aromatic carbocycles. The lowest BCUT2D eigenvalue weighted by Crippen LogP contribution is -2.23. The molecule has 0 fully saturated rings. The summed E-state index contributed by atoms with van der Waals surface area (Å²) in [5, 5.41) is 9.55. The van der Waals surface area contributed by atoms with Crippen LogP contribution in [0.25, 0.3) is 0 Å². The normalized spacial score (nSPS) is 14.4. The predicted octanol–water partition coefficient (Wildman–Crippen LogP) is 1.48. The van der Waals surface area contributed by atoms with Crippen LogP contribution in [0.1, 0.15) is 25.5 Å². The molecule has 0 amide bonds. The minimum Gasteiger partial charge on any atom is -0.491 e. The van der Waals surface area contributed by atoms with Gasteiger partial charge in [-0.05, 0) is 31.5 Å². The molecule has 3 N–H and O–H groups in total. The molecule has 96 valence electrons. The zero-order valence-corrected chi connectivity index (χ0v) is 10.4. The van der Waals surface area contributed by atoms with Gasteiger partial charge in [0.25, 0.3) is 0 Å². The smallest absolute Gasteiger partial charge is 0.119 e. The van der Waals surface area contributed by atoms with Crippen molar-refractivity contribution in [1.82, 2.24) is 0 Å². The summed E-state index contributed by atoms with van der Waals surface area (Å²) in [5.74, 6) is 0.718.